The van der Waals surface area contributed by atoms with Crippen LogP contribution in [0.4, 0.5) is 4.39 Å². The molecule has 0 bridgehead atoms. The fraction of sp³-hybridized carbons (Fsp3) is 0.100. The Labute approximate surface area is 71.2 Å². The molecule has 2 heteroatoms. The van der Waals surface area contributed by atoms with E-state index in [4.69, 9.17) is 0 Å². The van der Waals surface area contributed by atoms with Gasteiger partial charge in [-0.2, -0.15) is 0 Å². The van der Waals surface area contributed by atoms with Gasteiger partial charge in [-0.1, -0.05) is 18.7 Å². The summed E-state index contributed by atoms with van der Waals surface area (Å²) in [5.74, 6) is -0.210. The molecule has 0 unspecified atom stereocenters. The van der Waals surface area contributed by atoms with Gasteiger partial charge in [0.15, 0.2) is 0 Å². The molecule has 0 amide bonds. The summed E-state index contributed by atoms with van der Waals surface area (Å²) in [4.78, 5) is 0. The zero-order chi connectivity index (χ0) is 8.81. The van der Waals surface area contributed by atoms with Crippen molar-refractivity contribution >= 4 is 0 Å². The van der Waals surface area contributed by atoms with E-state index in [0.29, 0.717) is 6.54 Å². The van der Waals surface area contributed by atoms with Gasteiger partial charge in [0.2, 0.25) is 0 Å². The molecule has 0 aliphatic heterocycles. The van der Waals surface area contributed by atoms with E-state index in [1.165, 1.54) is 12.1 Å². The van der Waals surface area contributed by atoms with Crippen molar-refractivity contribution in [1.29, 1.82) is 0 Å². The second-order valence-corrected chi connectivity index (χ2v) is 2.36. The van der Waals surface area contributed by atoms with Crippen molar-refractivity contribution in [1.82, 2.24) is 5.32 Å². The molecule has 0 spiro atoms. The molecule has 62 valence electrons. The van der Waals surface area contributed by atoms with Gasteiger partial charge in [-0.3, -0.25) is 0 Å². The Bertz CT molecular complexity index is 283. The average Bonchev–Trinajstić information content (AvgIpc) is 2.09. The van der Waals surface area contributed by atoms with Crippen LogP contribution in [-0.2, 0) is 6.54 Å². The predicted molar refractivity (Wildman–Crippen MR) is 46.9 cm³/mol. The Morgan fingerprint density at radius 3 is 2.67 bits per heavy atom. The van der Waals surface area contributed by atoms with Crippen LogP contribution in [0.3, 0.4) is 0 Å². The van der Waals surface area contributed by atoms with Gasteiger partial charge in [0.1, 0.15) is 5.82 Å². The van der Waals surface area contributed by atoms with Crippen LogP contribution < -0.4 is 5.32 Å². The normalized spacial score (nSPS) is 8.75. The fourth-order valence-corrected chi connectivity index (χ4v) is 0.843. The molecule has 0 aromatic heterocycles. The van der Waals surface area contributed by atoms with E-state index in [1.54, 1.807) is 18.3 Å². The lowest BCUT2D eigenvalue weighted by Crippen LogP contribution is -2.03. The lowest BCUT2D eigenvalue weighted by molar-refractivity contribution is 0.626. The summed E-state index contributed by atoms with van der Waals surface area (Å²) in [6, 6.07) is 6.35. The first kappa shape index (κ1) is 8.57. The standard InChI is InChI=1S/C10H10FN/c1-2-7-12-8-9-3-5-10(11)6-4-9/h3-7,12H,1,8H2. The van der Waals surface area contributed by atoms with Crippen LogP contribution in [0.15, 0.2) is 42.8 Å². The third-order valence-electron chi connectivity index (χ3n) is 1.42. The Balaban J connectivity index is 2.53. The van der Waals surface area contributed by atoms with Crippen molar-refractivity contribution in [2.24, 2.45) is 0 Å². The topological polar surface area (TPSA) is 12.0 Å². The zero-order valence-corrected chi connectivity index (χ0v) is 6.68. The molecular weight excluding hydrogens is 153 g/mol. The maximum Gasteiger partial charge on any atom is 0.123 e. The number of halogens is 1. The van der Waals surface area contributed by atoms with E-state index in [-0.39, 0.29) is 5.82 Å². The highest BCUT2D eigenvalue weighted by molar-refractivity contribution is 5.15. The van der Waals surface area contributed by atoms with Crippen molar-refractivity contribution in [3.05, 3.63) is 54.2 Å². The van der Waals surface area contributed by atoms with Crippen LogP contribution in [0.25, 0.3) is 0 Å². The van der Waals surface area contributed by atoms with Crippen LogP contribution in [0, 0.1) is 5.82 Å². The summed E-state index contributed by atoms with van der Waals surface area (Å²) in [7, 11) is 0. The highest BCUT2D eigenvalue weighted by Crippen LogP contribution is 2.01. The van der Waals surface area contributed by atoms with Gasteiger partial charge in [0.05, 0.1) is 0 Å². The molecule has 0 aliphatic carbocycles. The predicted octanol–water partition coefficient (Wildman–Crippen LogP) is 2.21. The van der Waals surface area contributed by atoms with Gasteiger partial charge < -0.3 is 5.32 Å². The van der Waals surface area contributed by atoms with E-state index >= 15 is 0 Å². The van der Waals surface area contributed by atoms with E-state index < -0.39 is 0 Å². The fourth-order valence-electron chi connectivity index (χ4n) is 0.843. The molecule has 0 radical (unpaired) electrons. The van der Waals surface area contributed by atoms with Crippen molar-refractivity contribution in [2.45, 2.75) is 6.54 Å². The first-order valence-corrected chi connectivity index (χ1v) is 3.65. The summed E-state index contributed by atoms with van der Waals surface area (Å²) in [5, 5.41) is 2.95. The smallest absolute Gasteiger partial charge is 0.123 e. The second-order valence-electron chi connectivity index (χ2n) is 2.36. The van der Waals surface area contributed by atoms with Crippen LogP contribution >= 0.6 is 0 Å². The molecule has 0 saturated heterocycles. The monoisotopic (exact) mass is 163 g/mol. The van der Waals surface area contributed by atoms with Crippen LogP contribution in [0.2, 0.25) is 0 Å². The van der Waals surface area contributed by atoms with Gasteiger partial charge in [-0.15, -0.1) is 5.73 Å². The summed E-state index contributed by atoms with van der Waals surface area (Å²) < 4.78 is 12.4. The Hall–Kier alpha value is -1.53. The van der Waals surface area contributed by atoms with Crippen molar-refractivity contribution in [2.75, 3.05) is 0 Å². The van der Waals surface area contributed by atoms with Crippen LogP contribution in [0.1, 0.15) is 5.56 Å². The molecule has 12 heavy (non-hydrogen) atoms. The Morgan fingerprint density at radius 2 is 2.08 bits per heavy atom. The molecule has 0 aliphatic rings. The number of hydrogen-bond acceptors (Lipinski definition) is 1. The average molecular weight is 163 g/mol. The van der Waals surface area contributed by atoms with Gasteiger partial charge in [-0.25, -0.2) is 4.39 Å². The Kier molecular flexibility index (Phi) is 3.12. The molecule has 1 nitrogen and oxygen atoms in total. The van der Waals surface area contributed by atoms with Gasteiger partial charge in [-0.05, 0) is 17.7 Å². The molecule has 0 saturated carbocycles. The molecule has 0 heterocycles. The lowest BCUT2D eigenvalue weighted by Gasteiger charge is -1.99. The molecule has 1 N–H and O–H groups in total. The summed E-state index contributed by atoms with van der Waals surface area (Å²) in [5.41, 5.74) is 3.62. The maximum absolute atomic E-state index is 12.4. The van der Waals surface area contributed by atoms with E-state index in [0.717, 1.165) is 5.56 Å². The van der Waals surface area contributed by atoms with Crippen molar-refractivity contribution in [3.8, 4) is 0 Å². The molecule has 1 rings (SSSR count). The number of nitrogens with one attached hydrogen (secondary N) is 1. The van der Waals surface area contributed by atoms with E-state index in [2.05, 4.69) is 17.6 Å². The van der Waals surface area contributed by atoms with Crippen LogP contribution in [0.5, 0.6) is 0 Å². The van der Waals surface area contributed by atoms with Gasteiger partial charge in [0.25, 0.3) is 0 Å². The van der Waals surface area contributed by atoms with Crippen molar-refractivity contribution < 1.29 is 4.39 Å². The van der Waals surface area contributed by atoms with Gasteiger partial charge in [0, 0.05) is 12.7 Å². The summed E-state index contributed by atoms with van der Waals surface area (Å²) >= 11 is 0. The highest BCUT2D eigenvalue weighted by atomic mass is 19.1. The van der Waals surface area contributed by atoms with E-state index in [1.807, 2.05) is 0 Å². The third kappa shape index (κ3) is 2.60. The van der Waals surface area contributed by atoms with Gasteiger partial charge >= 0.3 is 0 Å². The molecule has 1 aromatic carbocycles. The second kappa shape index (κ2) is 4.37. The first-order valence-electron chi connectivity index (χ1n) is 3.65. The summed E-state index contributed by atoms with van der Waals surface area (Å²) in [6.45, 7) is 4.07. The SMILES string of the molecule is C=C=CNCc1ccc(F)cc1. The molecule has 0 fully saturated rings. The number of rotatable bonds is 3. The molecule has 1 aromatic rings. The quantitative estimate of drug-likeness (QED) is 0.673. The largest absolute Gasteiger partial charge is 0.381 e. The maximum atomic E-state index is 12.4. The minimum absolute atomic E-state index is 0.210. The molecular formula is C10H10FN. The Morgan fingerprint density at radius 1 is 1.42 bits per heavy atom. The minimum atomic E-state index is -0.210. The van der Waals surface area contributed by atoms with E-state index in [9.17, 15) is 4.39 Å². The highest BCUT2D eigenvalue weighted by Gasteiger charge is 1.90. The molecule has 0 atom stereocenters. The number of hydrogen-bond donors (Lipinski definition) is 1. The zero-order valence-electron chi connectivity index (χ0n) is 6.68. The first-order chi connectivity index (χ1) is 5.83. The summed E-state index contributed by atoms with van der Waals surface area (Å²) in [6.07, 6.45) is 1.63. The van der Waals surface area contributed by atoms with Crippen LogP contribution in [-0.4, -0.2) is 0 Å². The lowest BCUT2D eigenvalue weighted by atomic mass is 10.2. The number of benzene rings is 1. The third-order valence-corrected chi connectivity index (χ3v) is 1.42. The van der Waals surface area contributed by atoms with Crippen molar-refractivity contribution in [3.63, 3.8) is 0 Å². The minimum Gasteiger partial charge on any atom is -0.381 e.